The molecule has 3 N–H and O–H groups in total. The molecule has 16 nitrogen and oxygen atoms in total. The van der Waals surface area contributed by atoms with Crippen LogP contribution in [0.15, 0.2) is 54.7 Å². The van der Waals surface area contributed by atoms with Crippen LogP contribution in [0.3, 0.4) is 0 Å². The Balaban J connectivity index is 1.13. The number of hydrogen-bond donors (Lipinski definition) is 3. The third-order valence-electron chi connectivity index (χ3n) is 16.0. The Kier molecular flexibility index (Phi) is 15.4. The van der Waals surface area contributed by atoms with Gasteiger partial charge in [0.05, 0.1) is 30.0 Å². The van der Waals surface area contributed by atoms with Gasteiger partial charge in [-0.05, 0) is 149 Å². The van der Waals surface area contributed by atoms with Crippen molar-refractivity contribution < 1.29 is 38.2 Å². The highest BCUT2D eigenvalue weighted by atomic mass is 16.5. The first-order valence-electron chi connectivity index (χ1n) is 27.4. The zero-order valence-electron chi connectivity index (χ0n) is 45.7. The van der Waals surface area contributed by atoms with Gasteiger partial charge in [0.15, 0.2) is 0 Å². The number of fused-ring (bicyclic) bond motifs is 6. The van der Waals surface area contributed by atoms with E-state index in [1.165, 1.54) is 14.8 Å². The molecular weight excluding hydrogens is 949 g/mol. The monoisotopic (exact) mass is 1030 g/mol. The standard InChI is InChI=1S/C59H78N8O8/c1-11-66-46-23-22-38-30-42(46)43(52(66)41-18-14-24-60-48(41)34(2)3)31-59(7,8)33-74-56(72)44-19-15-25-67(63-44)54(70)45(28-35-26-39(38)29-40(27-35)75-57(73)58(4,5)6)61-53(69)51(37-16-12-13-17-37)65(10)47(68)32-64(9)55(71)50-49(62-50)36-20-21-36/h14,18,22-24,26-27,29-30,34,36-37,44-45,49-51,62-63H,11-13,15-17,19-21,25,28,31-33H2,1-10H3,(H,61,69)/t44-,45-,49+,50+,51-/m0/s1. The number of nitrogens with one attached hydrogen (secondary N) is 3. The second-order valence-corrected chi connectivity index (χ2v) is 24.1. The second-order valence-electron chi connectivity index (χ2n) is 24.1. The number of aromatic nitrogens is 2. The maximum absolute atomic E-state index is 15.2. The number of benzene rings is 2. The molecule has 0 radical (unpaired) electrons. The van der Waals surface area contributed by atoms with Crippen molar-refractivity contribution in [2.24, 2.45) is 22.7 Å². The van der Waals surface area contributed by atoms with Gasteiger partial charge in [-0.3, -0.25) is 44.1 Å². The minimum absolute atomic E-state index is 0.0222. The molecule has 2 saturated carbocycles. The van der Waals surface area contributed by atoms with Gasteiger partial charge < -0.3 is 29.2 Å². The van der Waals surface area contributed by atoms with E-state index in [0.717, 1.165) is 70.2 Å². The van der Waals surface area contributed by atoms with Crippen molar-refractivity contribution >= 4 is 46.5 Å². The van der Waals surface area contributed by atoms with Crippen LogP contribution in [0.5, 0.6) is 5.75 Å². The van der Waals surface area contributed by atoms with Crippen LogP contribution < -0.4 is 20.8 Å². The molecule has 2 saturated heterocycles. The molecule has 4 amide bonds. The topological polar surface area (TPSA) is 194 Å². The molecule has 5 aliphatic rings. The molecule has 9 rings (SSSR count). The van der Waals surface area contributed by atoms with Crippen molar-refractivity contribution in [1.29, 1.82) is 0 Å². The highest BCUT2D eigenvalue weighted by molar-refractivity contribution is 5.97. The van der Waals surface area contributed by atoms with E-state index in [0.29, 0.717) is 50.1 Å². The molecule has 2 aliphatic carbocycles. The highest BCUT2D eigenvalue weighted by Gasteiger charge is 2.52. The number of aryl methyl sites for hydroxylation is 1. The van der Waals surface area contributed by atoms with Crippen molar-refractivity contribution in [3.63, 3.8) is 0 Å². The number of ether oxygens (including phenoxy) is 2. The largest absolute Gasteiger partial charge is 0.464 e. The summed E-state index contributed by atoms with van der Waals surface area (Å²) in [4.78, 5) is 93.4. The number of cyclic esters (lactones) is 1. The Labute approximate surface area is 442 Å². The van der Waals surface area contributed by atoms with E-state index in [4.69, 9.17) is 14.5 Å². The van der Waals surface area contributed by atoms with Crippen LogP contribution in [-0.2, 0) is 52.9 Å². The van der Waals surface area contributed by atoms with Gasteiger partial charge in [0.1, 0.15) is 29.9 Å². The van der Waals surface area contributed by atoms with Crippen molar-refractivity contribution in [2.45, 2.75) is 162 Å². The number of esters is 2. The summed E-state index contributed by atoms with van der Waals surface area (Å²) in [5, 5.41) is 8.84. The zero-order valence-corrected chi connectivity index (χ0v) is 45.7. The lowest BCUT2D eigenvalue weighted by Crippen LogP contribution is -2.62. The van der Waals surface area contributed by atoms with E-state index in [1.807, 2.05) is 24.4 Å². The Hall–Kier alpha value is -6.13. The van der Waals surface area contributed by atoms with Crippen molar-refractivity contribution in [2.75, 3.05) is 33.8 Å². The number of rotatable bonds is 12. The zero-order chi connectivity index (χ0) is 53.7. The third kappa shape index (κ3) is 11.7. The molecular formula is C59H78N8O8. The van der Waals surface area contributed by atoms with Crippen LogP contribution >= 0.6 is 0 Å². The van der Waals surface area contributed by atoms with Crippen LogP contribution in [0.25, 0.3) is 33.3 Å². The normalized spacial score (nSPS) is 22.6. The van der Waals surface area contributed by atoms with Crippen LogP contribution in [0.4, 0.5) is 0 Å². The second kappa shape index (κ2) is 21.5. The summed E-state index contributed by atoms with van der Waals surface area (Å²) in [7, 11) is 3.24. The smallest absolute Gasteiger partial charge is 0.324 e. The molecule has 5 heterocycles. The summed E-state index contributed by atoms with van der Waals surface area (Å²) in [5.41, 5.74) is 9.22. The molecule has 0 unspecified atom stereocenters. The summed E-state index contributed by atoms with van der Waals surface area (Å²) < 4.78 is 14.7. The summed E-state index contributed by atoms with van der Waals surface area (Å²) in [5.74, 6) is -1.62. The van der Waals surface area contributed by atoms with Crippen LogP contribution in [-0.4, -0.2) is 124 Å². The van der Waals surface area contributed by atoms with Gasteiger partial charge in [-0.1, -0.05) is 52.7 Å². The third-order valence-corrected chi connectivity index (χ3v) is 16.0. The Morgan fingerprint density at radius 1 is 0.960 bits per heavy atom. The van der Waals surface area contributed by atoms with E-state index < -0.39 is 52.7 Å². The van der Waals surface area contributed by atoms with E-state index in [1.54, 1.807) is 40.9 Å². The molecule has 3 aliphatic heterocycles. The van der Waals surface area contributed by atoms with Gasteiger partial charge >= 0.3 is 11.9 Å². The fourth-order valence-corrected chi connectivity index (χ4v) is 11.7. The number of nitrogens with zero attached hydrogens (tertiary/aromatic N) is 5. The van der Waals surface area contributed by atoms with Crippen molar-refractivity contribution in [1.82, 2.24) is 40.4 Å². The number of amides is 4. The molecule has 2 aromatic carbocycles. The van der Waals surface area contributed by atoms with Gasteiger partial charge in [-0.25, -0.2) is 5.43 Å². The van der Waals surface area contributed by atoms with E-state index in [-0.39, 0.29) is 67.6 Å². The van der Waals surface area contributed by atoms with Crippen LogP contribution in [0.2, 0.25) is 0 Å². The fourth-order valence-electron chi connectivity index (χ4n) is 11.7. The molecule has 75 heavy (non-hydrogen) atoms. The molecule has 0 spiro atoms. The average Bonchev–Trinajstić information content (AvgIpc) is 4.31. The molecule has 5 atom stereocenters. The first-order chi connectivity index (χ1) is 35.6. The fraction of sp³-hybridized carbons (Fsp3) is 0.576. The lowest BCUT2D eigenvalue weighted by atomic mass is 9.83. The number of likely N-dealkylation sites (N-methyl/N-ethyl adjacent to an activating group) is 2. The minimum Gasteiger partial charge on any atom is -0.464 e. The van der Waals surface area contributed by atoms with Crippen LogP contribution in [0, 0.1) is 22.7 Å². The maximum atomic E-state index is 15.2. The average molecular weight is 1030 g/mol. The van der Waals surface area contributed by atoms with Gasteiger partial charge in [0.2, 0.25) is 17.7 Å². The lowest BCUT2D eigenvalue weighted by molar-refractivity contribution is -0.155. The van der Waals surface area contributed by atoms with Crippen molar-refractivity contribution in [3.8, 4) is 28.1 Å². The van der Waals surface area contributed by atoms with E-state index >= 15 is 9.59 Å². The predicted octanol–water partition coefficient (Wildman–Crippen LogP) is 7.34. The van der Waals surface area contributed by atoms with Crippen molar-refractivity contribution in [3.05, 3.63) is 71.5 Å². The summed E-state index contributed by atoms with van der Waals surface area (Å²) in [6.07, 6.45) is 8.73. The molecule has 4 aromatic rings. The first-order valence-corrected chi connectivity index (χ1v) is 27.4. The number of carbonyl (C=O) groups excluding carboxylic acids is 6. The van der Waals surface area contributed by atoms with Gasteiger partial charge in [0.25, 0.3) is 5.91 Å². The van der Waals surface area contributed by atoms with Gasteiger partial charge in [0, 0.05) is 67.7 Å². The first kappa shape index (κ1) is 53.7. The molecule has 2 aromatic heterocycles. The maximum Gasteiger partial charge on any atom is 0.324 e. The highest BCUT2D eigenvalue weighted by Crippen LogP contribution is 2.43. The summed E-state index contributed by atoms with van der Waals surface area (Å²) in [6.45, 7) is 16.9. The molecule has 4 fully saturated rings. The van der Waals surface area contributed by atoms with Crippen LogP contribution in [0.1, 0.15) is 129 Å². The predicted molar refractivity (Wildman–Crippen MR) is 287 cm³/mol. The summed E-state index contributed by atoms with van der Waals surface area (Å²) in [6, 6.07) is 13.0. The Bertz CT molecular complexity index is 2860. The Morgan fingerprint density at radius 3 is 2.40 bits per heavy atom. The molecule has 402 valence electrons. The number of carbonyl (C=O) groups is 6. The van der Waals surface area contributed by atoms with E-state index in [2.05, 4.69) is 79.5 Å². The quantitative estimate of drug-likeness (QED) is 0.0731. The van der Waals surface area contributed by atoms with Gasteiger partial charge in [-0.15, -0.1) is 0 Å². The molecule has 6 bridgehead atoms. The minimum atomic E-state index is -1.19. The lowest BCUT2D eigenvalue weighted by Gasteiger charge is -2.37. The van der Waals surface area contributed by atoms with Gasteiger partial charge in [-0.2, -0.15) is 0 Å². The molecule has 16 heteroatoms. The SMILES string of the molecule is CCn1c(-c2cccnc2C(C)C)c2c3cc(ccc31)-c1cc(cc(OC(=O)C(C)(C)C)c1)C[C@H](NC(=O)[C@H](C1CCCC1)N(C)C(=O)CN(C)C(=O)[C@@H]1N[C@@H]1C1CC1)C(=O)N1CCC[C@H](N1)C(=O)OCC(C)(C)C2. The van der Waals surface area contributed by atoms with E-state index in [9.17, 15) is 19.2 Å². The number of hydrogen-bond acceptors (Lipinski definition) is 11. The Morgan fingerprint density at radius 2 is 1.71 bits per heavy atom. The summed E-state index contributed by atoms with van der Waals surface area (Å²) >= 11 is 0. The number of pyridine rings is 1. The number of hydrazine groups is 1.